The molecule has 2 atom stereocenters. The van der Waals surface area contributed by atoms with Crippen molar-refractivity contribution in [2.24, 2.45) is 5.92 Å². The fourth-order valence-electron chi connectivity index (χ4n) is 4.71. The van der Waals surface area contributed by atoms with Crippen molar-refractivity contribution in [1.82, 2.24) is 14.9 Å². The SMILES string of the molecule is Cc1ccc(-n2c(N3CCC[C@@H](C(=O)NC[C@H](C)c4ccccc4)C3)nc3ccsc3c2=O)cc1. The number of nitrogens with zero attached hydrogens (tertiary/aromatic N) is 3. The summed E-state index contributed by atoms with van der Waals surface area (Å²) in [5.74, 6) is 0.778. The molecule has 0 saturated carbocycles. The van der Waals surface area contributed by atoms with E-state index < -0.39 is 0 Å². The second kappa shape index (κ2) is 10.0. The van der Waals surface area contributed by atoms with Crippen LogP contribution in [0.3, 0.4) is 0 Å². The molecule has 0 unspecified atom stereocenters. The van der Waals surface area contributed by atoms with Crippen LogP contribution in [0.15, 0.2) is 70.8 Å². The molecule has 7 heteroatoms. The molecule has 4 aromatic rings. The summed E-state index contributed by atoms with van der Waals surface area (Å²) in [5, 5.41) is 5.06. The second-order valence-corrected chi connectivity index (χ2v) is 10.3. The van der Waals surface area contributed by atoms with Gasteiger partial charge in [0, 0.05) is 19.6 Å². The second-order valence-electron chi connectivity index (χ2n) is 9.36. The van der Waals surface area contributed by atoms with Crippen LogP contribution in [0, 0.1) is 12.8 Å². The maximum Gasteiger partial charge on any atom is 0.277 e. The van der Waals surface area contributed by atoms with E-state index in [0.29, 0.717) is 29.3 Å². The summed E-state index contributed by atoms with van der Waals surface area (Å²) in [4.78, 5) is 33.6. The average molecular weight is 487 g/mol. The standard InChI is InChI=1S/C28H30N4O2S/c1-19-10-12-23(13-11-19)32-27(34)25-24(14-16-35-25)30-28(32)31-15-6-9-22(18-31)26(33)29-17-20(2)21-7-4-3-5-8-21/h3-5,7-8,10-14,16,20,22H,6,9,15,17-18H2,1-2H3,(H,29,33)/t20-,22+/m0/s1. The monoisotopic (exact) mass is 486 g/mol. The van der Waals surface area contributed by atoms with E-state index in [1.807, 2.05) is 60.8 Å². The number of carbonyl (C=O) groups excluding carboxylic acids is 1. The molecule has 0 bridgehead atoms. The molecule has 0 spiro atoms. The van der Waals surface area contributed by atoms with Gasteiger partial charge in [-0.05, 0) is 54.8 Å². The van der Waals surface area contributed by atoms with Crippen molar-refractivity contribution in [2.75, 3.05) is 24.5 Å². The van der Waals surface area contributed by atoms with E-state index >= 15 is 0 Å². The van der Waals surface area contributed by atoms with Gasteiger partial charge in [-0.3, -0.25) is 9.59 Å². The van der Waals surface area contributed by atoms with Gasteiger partial charge in [0.05, 0.1) is 17.1 Å². The van der Waals surface area contributed by atoms with Crippen molar-refractivity contribution in [3.8, 4) is 5.69 Å². The lowest BCUT2D eigenvalue weighted by Gasteiger charge is -2.34. The first kappa shape index (κ1) is 23.3. The zero-order valence-electron chi connectivity index (χ0n) is 20.1. The highest BCUT2D eigenvalue weighted by atomic mass is 32.1. The van der Waals surface area contributed by atoms with Crippen LogP contribution < -0.4 is 15.8 Å². The minimum Gasteiger partial charge on any atom is -0.355 e. The Bertz CT molecular complexity index is 1380. The van der Waals surface area contributed by atoms with E-state index in [0.717, 1.165) is 30.6 Å². The first-order valence-corrected chi connectivity index (χ1v) is 13.0. The zero-order chi connectivity index (χ0) is 24.4. The van der Waals surface area contributed by atoms with Gasteiger partial charge in [-0.15, -0.1) is 11.3 Å². The Morgan fingerprint density at radius 3 is 2.69 bits per heavy atom. The molecule has 1 amide bonds. The minimum absolute atomic E-state index is 0.0629. The molecule has 1 N–H and O–H groups in total. The predicted octanol–water partition coefficient (Wildman–Crippen LogP) is 4.89. The summed E-state index contributed by atoms with van der Waals surface area (Å²) in [6.45, 7) is 6.06. The van der Waals surface area contributed by atoms with Crippen molar-refractivity contribution in [3.63, 3.8) is 0 Å². The number of nitrogens with one attached hydrogen (secondary N) is 1. The predicted molar refractivity (Wildman–Crippen MR) is 143 cm³/mol. The largest absolute Gasteiger partial charge is 0.355 e. The maximum absolute atomic E-state index is 13.5. The summed E-state index contributed by atoms with van der Waals surface area (Å²) < 4.78 is 2.35. The highest BCUT2D eigenvalue weighted by Crippen LogP contribution is 2.27. The number of fused-ring (bicyclic) bond motifs is 1. The first-order valence-electron chi connectivity index (χ1n) is 12.2. The number of piperidine rings is 1. The molecule has 6 nitrogen and oxygen atoms in total. The van der Waals surface area contributed by atoms with Crippen LogP contribution in [0.25, 0.3) is 15.9 Å². The lowest BCUT2D eigenvalue weighted by Crippen LogP contribution is -2.45. The number of amides is 1. The van der Waals surface area contributed by atoms with Crippen LogP contribution in [0.1, 0.15) is 36.8 Å². The molecule has 1 fully saturated rings. The van der Waals surface area contributed by atoms with E-state index in [1.165, 1.54) is 16.9 Å². The number of aromatic nitrogens is 2. The Kier molecular flexibility index (Phi) is 6.68. The summed E-state index contributed by atoms with van der Waals surface area (Å²) in [7, 11) is 0. The van der Waals surface area contributed by atoms with E-state index in [4.69, 9.17) is 4.98 Å². The maximum atomic E-state index is 13.5. The smallest absolute Gasteiger partial charge is 0.277 e. The molecule has 0 aliphatic carbocycles. The molecule has 1 aliphatic rings. The highest BCUT2D eigenvalue weighted by Gasteiger charge is 2.29. The van der Waals surface area contributed by atoms with Crippen LogP contribution in [0.5, 0.6) is 0 Å². The quantitative estimate of drug-likeness (QED) is 0.421. The third kappa shape index (κ3) is 4.86. The molecule has 2 aromatic carbocycles. The molecule has 35 heavy (non-hydrogen) atoms. The van der Waals surface area contributed by atoms with Crippen molar-refractivity contribution < 1.29 is 4.79 Å². The molecule has 2 aromatic heterocycles. The number of hydrogen-bond donors (Lipinski definition) is 1. The number of thiophene rings is 1. The van der Waals surface area contributed by atoms with E-state index in [-0.39, 0.29) is 23.3 Å². The number of anilines is 1. The fraction of sp³-hybridized carbons (Fsp3) is 0.321. The van der Waals surface area contributed by atoms with Crippen LogP contribution in [0.2, 0.25) is 0 Å². The Labute approximate surface area is 209 Å². The van der Waals surface area contributed by atoms with Crippen molar-refractivity contribution >= 4 is 33.4 Å². The molecule has 0 radical (unpaired) electrons. The summed E-state index contributed by atoms with van der Waals surface area (Å²) >= 11 is 1.42. The Balaban J connectivity index is 1.39. The van der Waals surface area contributed by atoms with Crippen LogP contribution in [0.4, 0.5) is 5.95 Å². The Hall–Kier alpha value is -3.45. The lowest BCUT2D eigenvalue weighted by atomic mass is 9.96. The minimum atomic E-state index is -0.145. The van der Waals surface area contributed by atoms with Gasteiger partial charge in [-0.2, -0.15) is 0 Å². The molecule has 3 heterocycles. The van der Waals surface area contributed by atoms with Gasteiger partial charge in [-0.25, -0.2) is 9.55 Å². The number of carbonyl (C=O) groups is 1. The summed E-state index contributed by atoms with van der Waals surface area (Å²) in [5.41, 5.74) is 3.79. The van der Waals surface area contributed by atoms with E-state index in [9.17, 15) is 9.59 Å². The third-order valence-electron chi connectivity index (χ3n) is 6.78. The van der Waals surface area contributed by atoms with Gasteiger partial charge in [0.1, 0.15) is 4.70 Å². The Morgan fingerprint density at radius 1 is 1.14 bits per heavy atom. The highest BCUT2D eigenvalue weighted by molar-refractivity contribution is 7.17. The topological polar surface area (TPSA) is 67.2 Å². The van der Waals surface area contributed by atoms with Crippen molar-refractivity contribution in [2.45, 2.75) is 32.6 Å². The lowest BCUT2D eigenvalue weighted by molar-refractivity contribution is -0.125. The van der Waals surface area contributed by atoms with Crippen molar-refractivity contribution in [3.05, 3.63) is 87.5 Å². The zero-order valence-corrected chi connectivity index (χ0v) is 20.9. The number of hydrogen-bond acceptors (Lipinski definition) is 5. The third-order valence-corrected chi connectivity index (χ3v) is 7.67. The number of aryl methyl sites for hydroxylation is 1. The van der Waals surface area contributed by atoms with Gasteiger partial charge in [0.2, 0.25) is 11.9 Å². The normalized spacial score (nSPS) is 16.9. The summed E-state index contributed by atoms with van der Waals surface area (Å²) in [6, 6.07) is 20.1. The molecule has 1 saturated heterocycles. The molecular formula is C28H30N4O2S. The first-order chi connectivity index (χ1) is 17.0. The van der Waals surface area contributed by atoms with Gasteiger partial charge in [0.15, 0.2) is 0 Å². The summed E-state index contributed by atoms with van der Waals surface area (Å²) in [6.07, 6.45) is 1.70. The van der Waals surface area contributed by atoms with E-state index in [1.54, 1.807) is 4.57 Å². The number of rotatable bonds is 6. The molecular weight excluding hydrogens is 456 g/mol. The number of benzene rings is 2. The molecule has 180 valence electrons. The molecule has 1 aliphatic heterocycles. The van der Waals surface area contributed by atoms with Gasteiger partial charge >= 0.3 is 0 Å². The van der Waals surface area contributed by atoms with Crippen molar-refractivity contribution in [1.29, 1.82) is 0 Å². The van der Waals surface area contributed by atoms with Crippen LogP contribution in [-0.4, -0.2) is 35.1 Å². The van der Waals surface area contributed by atoms with Gasteiger partial charge in [0.25, 0.3) is 5.56 Å². The van der Waals surface area contributed by atoms with Crippen LogP contribution >= 0.6 is 11.3 Å². The Morgan fingerprint density at radius 2 is 1.91 bits per heavy atom. The fourth-order valence-corrected chi connectivity index (χ4v) is 5.47. The van der Waals surface area contributed by atoms with Gasteiger partial charge < -0.3 is 10.2 Å². The van der Waals surface area contributed by atoms with E-state index in [2.05, 4.69) is 29.3 Å². The van der Waals surface area contributed by atoms with Gasteiger partial charge in [-0.1, -0.05) is 55.0 Å². The average Bonchev–Trinajstić information content (AvgIpc) is 3.37. The molecule has 5 rings (SSSR count). The van der Waals surface area contributed by atoms with Crippen LogP contribution in [-0.2, 0) is 4.79 Å².